The van der Waals surface area contributed by atoms with Crippen LogP contribution in [0.15, 0.2) is 4.74 Å². The number of hydrogen-bond acceptors (Lipinski definition) is 1. The minimum absolute atomic E-state index is 0.515. The van der Waals surface area contributed by atoms with E-state index in [-0.39, 0.29) is 0 Å². The molecule has 0 aromatic heterocycles. The molecule has 0 radical (unpaired) electrons. The summed E-state index contributed by atoms with van der Waals surface area (Å²) in [6.07, 6.45) is 3.47. The quantitative estimate of drug-likeness (QED) is 0.379. The molecule has 2 heteroatoms. The molecular formula is C2H6NP. The number of hydrogen-bond donors (Lipinski definition) is 0. The van der Waals surface area contributed by atoms with Gasteiger partial charge in [0.25, 0.3) is 0 Å². The minimum atomic E-state index is 0.515. The van der Waals surface area contributed by atoms with Crippen molar-refractivity contribution in [1.29, 1.82) is 0 Å². The highest BCUT2D eigenvalue weighted by Crippen LogP contribution is 1.66. The summed E-state index contributed by atoms with van der Waals surface area (Å²) in [7, 11) is 2.27. The highest BCUT2D eigenvalue weighted by Gasteiger charge is 1.18. The van der Waals surface area contributed by atoms with Crippen molar-refractivity contribution in [3.8, 4) is 0 Å². The lowest BCUT2D eigenvalue weighted by atomic mass is 11.6. The molecule has 4 heavy (non-hydrogen) atoms. The van der Waals surface area contributed by atoms with Gasteiger partial charge in [-0.2, -0.15) is 0 Å². The fraction of sp³-hybridized carbons (Fsp3) is 0.500. The molecule has 0 aromatic carbocycles. The molecule has 0 spiro atoms. The van der Waals surface area contributed by atoms with Crippen LogP contribution in [0, 0.1) is 0 Å². The van der Waals surface area contributed by atoms with E-state index in [1.807, 2.05) is 0 Å². The first-order valence-electron chi connectivity index (χ1n) is 1.02. The first-order chi connectivity index (χ1) is 1.91. The van der Waals surface area contributed by atoms with Gasteiger partial charge in [-0.3, -0.25) is 4.74 Å². The zero-order valence-electron chi connectivity index (χ0n) is 2.65. The van der Waals surface area contributed by atoms with Crippen LogP contribution in [0.4, 0.5) is 0 Å². The molecule has 0 rings (SSSR count). The van der Waals surface area contributed by atoms with Gasteiger partial charge < -0.3 is 0 Å². The van der Waals surface area contributed by atoms with Crippen molar-refractivity contribution in [1.82, 2.24) is 0 Å². The van der Waals surface area contributed by atoms with E-state index in [4.69, 9.17) is 0 Å². The van der Waals surface area contributed by atoms with E-state index in [1.54, 1.807) is 7.05 Å². The predicted molar refractivity (Wildman–Crippen MR) is 23.8 cm³/mol. The average molecular weight is 75.1 g/mol. The number of rotatable bonds is 0. The summed E-state index contributed by atoms with van der Waals surface area (Å²) in [5.41, 5.74) is 0. The van der Waals surface area contributed by atoms with Gasteiger partial charge in [-0.05, 0) is 0 Å². The zero-order chi connectivity index (χ0) is 3.41. The molecule has 0 fully saturated rings. The molecule has 1 unspecified atom stereocenters. The molecule has 0 aromatic rings. The van der Waals surface area contributed by atoms with Crippen LogP contribution in [0.1, 0.15) is 0 Å². The van der Waals surface area contributed by atoms with Gasteiger partial charge in [0.15, 0.2) is 0 Å². The summed E-state index contributed by atoms with van der Waals surface area (Å²) in [6.45, 7) is 0. The van der Waals surface area contributed by atoms with Gasteiger partial charge in [-0.1, -0.05) is 14.3 Å². The van der Waals surface area contributed by atoms with Crippen LogP contribution in [0.3, 0.4) is 0 Å². The van der Waals surface area contributed by atoms with Gasteiger partial charge in [-0.25, -0.2) is 0 Å². The third-order valence-corrected chi connectivity index (χ3v) is 0.474. The molecule has 0 heterocycles. The molecular weight excluding hydrogens is 69.0 g/mol. The molecule has 0 aliphatic rings. The second kappa shape index (κ2) is 2.97. The van der Waals surface area contributed by atoms with Crippen LogP contribution in [0.5, 0.6) is 0 Å². The van der Waals surface area contributed by atoms with Gasteiger partial charge in [0.1, 0.15) is 0 Å². The summed E-state index contributed by atoms with van der Waals surface area (Å²) in [5.74, 6) is 0. The molecule has 0 N–H and O–H groups in total. The molecule has 24 valence electrons. The molecule has 0 aliphatic carbocycles. The Hall–Kier alpha value is -0.0300. The van der Waals surface area contributed by atoms with Crippen LogP contribution >= 0.6 is 8.00 Å². The average Bonchev–Trinajstić information content (AvgIpc) is 1.37. The van der Waals surface area contributed by atoms with E-state index >= 15 is 0 Å². The van der Waals surface area contributed by atoms with Gasteiger partial charge >= 0.3 is 0 Å². The van der Waals surface area contributed by atoms with Gasteiger partial charge in [0.2, 0.25) is 0 Å². The van der Waals surface area contributed by atoms with Crippen LogP contribution in [-0.2, 0) is 0 Å². The Balaban J connectivity index is 3.11. The molecule has 1 nitrogen and oxygen atoms in total. The van der Waals surface area contributed by atoms with Crippen molar-refractivity contribution >= 4 is 14.3 Å². The summed E-state index contributed by atoms with van der Waals surface area (Å²) in [4.78, 5) is 0. The molecule has 0 amide bonds. The van der Waals surface area contributed by atoms with E-state index in [1.165, 1.54) is 0 Å². The van der Waals surface area contributed by atoms with E-state index in [2.05, 4.69) is 11.0 Å². The Labute approximate surface area is 27.2 Å². The first-order valence-corrected chi connectivity index (χ1v) is 2.18. The summed E-state index contributed by atoms with van der Waals surface area (Å²) >= 11 is 0. The second-order valence-electron chi connectivity index (χ2n) is 0.382. The zero-order valence-corrected chi connectivity index (χ0v) is 3.65. The highest BCUT2D eigenvalue weighted by molar-refractivity contribution is 7.25. The van der Waals surface area contributed by atoms with Crippen molar-refractivity contribution in [2.24, 2.45) is 4.74 Å². The van der Waals surface area contributed by atoms with Crippen molar-refractivity contribution in [3.05, 3.63) is 0 Å². The van der Waals surface area contributed by atoms with Gasteiger partial charge in [0.05, 0.1) is 0 Å². The predicted octanol–water partition coefficient (Wildman–Crippen LogP) is 0.910. The van der Waals surface area contributed by atoms with Crippen molar-refractivity contribution in [3.63, 3.8) is 0 Å². The summed E-state index contributed by atoms with van der Waals surface area (Å²) < 4.78 is 3.65. The van der Waals surface area contributed by atoms with Crippen molar-refractivity contribution in [2.75, 3.05) is 7.05 Å². The maximum absolute atomic E-state index is 3.65. The Kier molecular flexibility index (Phi) is 2.95. The maximum atomic E-state index is 3.65. The van der Waals surface area contributed by atoms with Crippen molar-refractivity contribution in [2.45, 2.75) is 0 Å². The molecule has 0 saturated heterocycles. The fourth-order valence-corrected chi connectivity index (χ4v) is 0. The van der Waals surface area contributed by atoms with Crippen molar-refractivity contribution < 1.29 is 0 Å². The molecule has 1 atom stereocenters. The topological polar surface area (TPSA) is 12.4 Å². The van der Waals surface area contributed by atoms with E-state index in [0.717, 1.165) is 0 Å². The lowest BCUT2D eigenvalue weighted by Crippen LogP contribution is -1.18. The van der Waals surface area contributed by atoms with Crippen LogP contribution in [0.25, 0.3) is 0 Å². The third-order valence-electron chi connectivity index (χ3n) is 0.158. The SMILES string of the molecule is C=[PH]=NC. The Bertz CT molecular complexity index is 44.0. The Morgan fingerprint density at radius 3 is 2.25 bits per heavy atom. The van der Waals surface area contributed by atoms with E-state index in [9.17, 15) is 0 Å². The van der Waals surface area contributed by atoms with Crippen LogP contribution in [0.2, 0.25) is 0 Å². The Morgan fingerprint density at radius 1 is 2.00 bits per heavy atom. The maximum Gasteiger partial charge on any atom is 0.0313 e. The lowest BCUT2D eigenvalue weighted by Gasteiger charge is -1.44. The number of nitrogens with zero attached hydrogens (tertiary/aromatic N) is 1. The minimum Gasteiger partial charge on any atom is -0.281 e. The Morgan fingerprint density at radius 2 is 2.25 bits per heavy atom. The molecule has 0 bridgehead atoms. The highest BCUT2D eigenvalue weighted by atomic mass is 31.0. The molecule has 0 aliphatic heterocycles. The summed E-state index contributed by atoms with van der Waals surface area (Å²) in [5, 5.41) is 0. The van der Waals surface area contributed by atoms with Gasteiger partial charge in [-0.15, -0.1) is 0 Å². The monoisotopic (exact) mass is 75.0 g/mol. The largest absolute Gasteiger partial charge is 0.281 e. The normalized spacial score (nSPS) is 7.25. The summed E-state index contributed by atoms with van der Waals surface area (Å²) in [6, 6.07) is 0. The van der Waals surface area contributed by atoms with Crippen LogP contribution in [-0.4, -0.2) is 13.3 Å². The standard InChI is InChI=1S/C2H6NP/c1-3-4-2/h4H,2H2,1H3. The first kappa shape index (κ1) is 3.97. The fourth-order valence-electron chi connectivity index (χ4n) is 0. The van der Waals surface area contributed by atoms with E-state index < -0.39 is 0 Å². The second-order valence-corrected chi connectivity index (χ2v) is 1.15. The van der Waals surface area contributed by atoms with Gasteiger partial charge in [0, 0.05) is 7.05 Å². The smallest absolute Gasteiger partial charge is 0.0313 e. The van der Waals surface area contributed by atoms with E-state index in [0.29, 0.717) is 8.00 Å². The third kappa shape index (κ3) is 1.97. The van der Waals surface area contributed by atoms with Crippen LogP contribution < -0.4 is 0 Å². The lowest BCUT2D eigenvalue weighted by molar-refractivity contribution is 1.52. The molecule has 0 saturated carbocycles.